The van der Waals surface area contributed by atoms with Crippen LogP contribution in [0.4, 0.5) is 8.78 Å². The number of carbonyl (C=O) groups excluding carboxylic acids is 1. The Morgan fingerprint density at radius 3 is 2.52 bits per heavy atom. The maximum Gasteiger partial charge on any atom is 0.305 e. The van der Waals surface area contributed by atoms with E-state index in [-0.39, 0.29) is 25.1 Å². The van der Waals surface area contributed by atoms with Gasteiger partial charge in [-0.1, -0.05) is 6.07 Å². The van der Waals surface area contributed by atoms with Crippen molar-refractivity contribution in [3.63, 3.8) is 0 Å². The van der Waals surface area contributed by atoms with Gasteiger partial charge in [0.15, 0.2) is 11.6 Å². The molecule has 0 atom stereocenters. The molecule has 120 valence electrons. The Hall–Kier alpha value is -2.90. The van der Waals surface area contributed by atoms with Gasteiger partial charge in [-0.15, -0.1) is 0 Å². The minimum atomic E-state index is -1.07. The number of carbonyl (C=O) groups is 2. The monoisotopic (exact) mass is 321 g/mol. The zero-order valence-electron chi connectivity index (χ0n) is 11.9. The van der Waals surface area contributed by atoms with E-state index in [2.05, 4.69) is 10.2 Å². The topological polar surface area (TPSA) is 83.4 Å². The predicted octanol–water partition coefficient (Wildman–Crippen LogP) is 1.87. The number of aliphatic carboxylic acids is 1. The number of amides is 1. The molecule has 23 heavy (non-hydrogen) atoms. The van der Waals surface area contributed by atoms with E-state index >= 15 is 0 Å². The first-order valence-electron chi connectivity index (χ1n) is 6.69. The summed E-state index contributed by atoms with van der Waals surface area (Å²) in [5, 5.41) is 15.9. The number of rotatable bonds is 6. The molecule has 1 amide bonds. The van der Waals surface area contributed by atoms with Crippen LogP contribution < -0.4 is 0 Å². The second-order valence-corrected chi connectivity index (χ2v) is 4.75. The lowest BCUT2D eigenvalue weighted by molar-refractivity contribution is -0.137. The number of hydrogen-bond donors (Lipinski definition) is 1. The zero-order chi connectivity index (χ0) is 16.8. The maximum absolute atomic E-state index is 13.3. The summed E-state index contributed by atoms with van der Waals surface area (Å²) < 4.78 is 26.2. The van der Waals surface area contributed by atoms with Gasteiger partial charge in [0.1, 0.15) is 0 Å². The fraction of sp³-hybridized carbons (Fsp3) is 0.200. The van der Waals surface area contributed by atoms with Crippen LogP contribution in [0.2, 0.25) is 0 Å². The van der Waals surface area contributed by atoms with Crippen molar-refractivity contribution in [3.05, 3.63) is 59.4 Å². The van der Waals surface area contributed by atoms with Crippen molar-refractivity contribution in [2.24, 2.45) is 0 Å². The van der Waals surface area contributed by atoms with Gasteiger partial charge in [-0.2, -0.15) is 10.2 Å². The van der Waals surface area contributed by atoms with Crippen molar-refractivity contribution < 1.29 is 23.5 Å². The van der Waals surface area contributed by atoms with Crippen molar-refractivity contribution in [2.45, 2.75) is 13.0 Å². The summed E-state index contributed by atoms with van der Waals surface area (Å²) in [6.45, 7) is -0.124. The summed E-state index contributed by atoms with van der Waals surface area (Å²) in [6, 6.07) is 4.71. The molecule has 2 aromatic rings. The molecule has 0 unspecified atom stereocenters. The highest BCUT2D eigenvalue weighted by atomic mass is 19.2. The Bertz CT molecular complexity index is 710. The highest BCUT2D eigenvalue weighted by Gasteiger charge is 2.18. The smallest absolute Gasteiger partial charge is 0.305 e. The molecular formula is C15H13F2N3O3. The van der Waals surface area contributed by atoms with E-state index < -0.39 is 23.5 Å². The molecule has 0 aliphatic carbocycles. The number of carboxylic acid groups (broad SMARTS) is 1. The second kappa shape index (κ2) is 7.39. The fourth-order valence-electron chi connectivity index (χ4n) is 1.94. The molecule has 0 saturated heterocycles. The third-order valence-electron chi connectivity index (χ3n) is 3.07. The third kappa shape index (κ3) is 4.53. The van der Waals surface area contributed by atoms with Crippen molar-refractivity contribution in [1.29, 1.82) is 0 Å². The largest absolute Gasteiger partial charge is 0.481 e. The molecule has 8 heteroatoms. The first-order valence-corrected chi connectivity index (χ1v) is 6.69. The molecule has 0 fully saturated rings. The molecule has 0 saturated carbocycles. The molecule has 6 nitrogen and oxygen atoms in total. The van der Waals surface area contributed by atoms with Crippen LogP contribution >= 0.6 is 0 Å². The second-order valence-electron chi connectivity index (χ2n) is 4.75. The minimum absolute atomic E-state index is 0.0500. The molecule has 0 spiro atoms. The maximum atomic E-state index is 13.3. The SMILES string of the molecule is O=C(O)CCN(Cc1ccc(F)c(F)c1)C(=O)c1ccnnc1. The van der Waals surface area contributed by atoms with E-state index in [0.717, 1.165) is 12.1 Å². The van der Waals surface area contributed by atoms with Crippen molar-refractivity contribution in [1.82, 2.24) is 15.1 Å². The third-order valence-corrected chi connectivity index (χ3v) is 3.07. The highest BCUT2D eigenvalue weighted by Crippen LogP contribution is 2.13. The molecule has 0 aliphatic rings. The molecule has 1 aromatic heterocycles. The highest BCUT2D eigenvalue weighted by molar-refractivity contribution is 5.93. The normalized spacial score (nSPS) is 10.3. The van der Waals surface area contributed by atoms with Gasteiger partial charge < -0.3 is 10.0 Å². The summed E-state index contributed by atoms with van der Waals surface area (Å²) >= 11 is 0. The molecule has 1 heterocycles. The van der Waals surface area contributed by atoms with Gasteiger partial charge in [-0.3, -0.25) is 9.59 Å². The van der Waals surface area contributed by atoms with Crippen LogP contribution in [-0.2, 0) is 11.3 Å². The Kier molecular flexibility index (Phi) is 5.29. The standard InChI is InChI=1S/C15H13F2N3O3/c16-12-2-1-10(7-13(12)17)9-20(6-4-14(21)22)15(23)11-3-5-18-19-8-11/h1-3,5,7-8H,4,6,9H2,(H,21,22). The lowest BCUT2D eigenvalue weighted by Gasteiger charge is -2.22. The van der Waals surface area contributed by atoms with Gasteiger partial charge in [0.05, 0.1) is 24.4 Å². The van der Waals surface area contributed by atoms with Gasteiger partial charge >= 0.3 is 5.97 Å². The minimum Gasteiger partial charge on any atom is -0.481 e. The van der Waals surface area contributed by atoms with Gasteiger partial charge in [0, 0.05) is 13.1 Å². The summed E-state index contributed by atoms with van der Waals surface area (Å²) in [7, 11) is 0. The molecular weight excluding hydrogens is 308 g/mol. The molecule has 2 rings (SSSR count). The van der Waals surface area contributed by atoms with Crippen molar-refractivity contribution >= 4 is 11.9 Å². The van der Waals surface area contributed by atoms with Gasteiger partial charge in [0.25, 0.3) is 5.91 Å². The van der Waals surface area contributed by atoms with Gasteiger partial charge in [0.2, 0.25) is 0 Å². The van der Waals surface area contributed by atoms with E-state index in [9.17, 15) is 18.4 Å². The van der Waals surface area contributed by atoms with E-state index in [4.69, 9.17) is 5.11 Å². The fourth-order valence-corrected chi connectivity index (χ4v) is 1.94. The zero-order valence-corrected chi connectivity index (χ0v) is 11.9. The first-order chi connectivity index (χ1) is 11.0. The lowest BCUT2D eigenvalue weighted by atomic mass is 10.1. The Labute approximate surface area is 130 Å². The van der Waals surface area contributed by atoms with Gasteiger partial charge in [-0.05, 0) is 23.8 Å². The van der Waals surface area contributed by atoms with Crippen LogP contribution in [0.25, 0.3) is 0 Å². The van der Waals surface area contributed by atoms with Crippen LogP contribution in [-0.4, -0.2) is 38.6 Å². The van der Waals surface area contributed by atoms with Crippen LogP contribution in [0.15, 0.2) is 36.7 Å². The Morgan fingerprint density at radius 2 is 1.91 bits per heavy atom. The van der Waals surface area contributed by atoms with Crippen LogP contribution in [0.3, 0.4) is 0 Å². The molecule has 1 N–H and O–H groups in total. The quantitative estimate of drug-likeness (QED) is 0.878. The van der Waals surface area contributed by atoms with E-state index in [0.29, 0.717) is 5.56 Å². The van der Waals surface area contributed by atoms with Crippen LogP contribution in [0.1, 0.15) is 22.3 Å². The van der Waals surface area contributed by atoms with Gasteiger partial charge in [-0.25, -0.2) is 8.78 Å². The Morgan fingerprint density at radius 1 is 1.13 bits per heavy atom. The summed E-state index contributed by atoms with van der Waals surface area (Å²) in [4.78, 5) is 24.4. The van der Waals surface area contributed by atoms with Crippen molar-refractivity contribution in [3.8, 4) is 0 Å². The summed E-state index contributed by atoms with van der Waals surface area (Å²) in [5.41, 5.74) is 0.581. The molecule has 0 bridgehead atoms. The number of hydrogen-bond acceptors (Lipinski definition) is 4. The van der Waals surface area contributed by atoms with E-state index in [1.807, 2.05) is 0 Å². The summed E-state index contributed by atoms with van der Waals surface area (Å²) in [6.07, 6.45) is 2.31. The first kappa shape index (κ1) is 16.5. The van der Waals surface area contributed by atoms with Crippen molar-refractivity contribution in [2.75, 3.05) is 6.54 Å². The number of carboxylic acids is 1. The number of nitrogens with zero attached hydrogens (tertiary/aromatic N) is 3. The lowest BCUT2D eigenvalue weighted by Crippen LogP contribution is -2.32. The van der Waals surface area contributed by atoms with Crippen LogP contribution in [0, 0.1) is 11.6 Å². The van der Waals surface area contributed by atoms with E-state index in [1.54, 1.807) is 0 Å². The van der Waals surface area contributed by atoms with E-state index in [1.165, 1.54) is 29.4 Å². The van der Waals surface area contributed by atoms with Crippen LogP contribution in [0.5, 0.6) is 0 Å². The number of aromatic nitrogens is 2. The Balaban J connectivity index is 2.21. The average molecular weight is 321 g/mol. The number of benzene rings is 1. The predicted molar refractivity (Wildman–Crippen MR) is 75.4 cm³/mol. The average Bonchev–Trinajstić information content (AvgIpc) is 2.54. The number of halogens is 2. The molecule has 0 radical (unpaired) electrons. The summed E-state index contributed by atoms with van der Waals surface area (Å²) in [5.74, 6) is -3.55. The molecule has 1 aromatic carbocycles. The molecule has 0 aliphatic heterocycles.